The SMILES string of the molecule is Cc1nc(NCCc2ccccc2F)cc(N2CCC3(CC2)OCCO3)n1. The highest BCUT2D eigenvalue weighted by Gasteiger charge is 2.40. The Balaban J connectivity index is 1.37. The zero-order chi connectivity index (χ0) is 18.7. The van der Waals surface area contributed by atoms with Gasteiger partial charge in [-0.25, -0.2) is 14.4 Å². The Morgan fingerprint density at radius 1 is 1.15 bits per heavy atom. The molecule has 3 heterocycles. The maximum Gasteiger partial charge on any atom is 0.171 e. The van der Waals surface area contributed by atoms with Crippen LogP contribution in [0.5, 0.6) is 0 Å². The van der Waals surface area contributed by atoms with Gasteiger partial charge in [-0.3, -0.25) is 0 Å². The molecule has 2 aromatic rings. The van der Waals surface area contributed by atoms with Gasteiger partial charge in [0.1, 0.15) is 23.3 Å². The molecule has 4 rings (SSSR count). The highest BCUT2D eigenvalue weighted by molar-refractivity contribution is 5.50. The van der Waals surface area contributed by atoms with E-state index in [2.05, 4.69) is 20.2 Å². The number of aryl methyl sites for hydroxylation is 1. The summed E-state index contributed by atoms with van der Waals surface area (Å²) < 4.78 is 25.3. The van der Waals surface area contributed by atoms with Crippen LogP contribution in [0, 0.1) is 12.7 Å². The van der Waals surface area contributed by atoms with Gasteiger partial charge in [-0.05, 0) is 25.0 Å². The van der Waals surface area contributed by atoms with Crippen LogP contribution < -0.4 is 10.2 Å². The van der Waals surface area contributed by atoms with Gasteiger partial charge in [0, 0.05) is 38.5 Å². The summed E-state index contributed by atoms with van der Waals surface area (Å²) in [6.07, 6.45) is 2.28. The Kier molecular flexibility index (Phi) is 5.22. The molecule has 2 aliphatic rings. The van der Waals surface area contributed by atoms with Crippen LogP contribution in [0.1, 0.15) is 24.2 Å². The van der Waals surface area contributed by atoms with Crippen LogP contribution in [0.4, 0.5) is 16.0 Å². The second kappa shape index (κ2) is 7.78. The van der Waals surface area contributed by atoms with E-state index in [0.717, 1.165) is 43.4 Å². The van der Waals surface area contributed by atoms with Crippen LogP contribution in [0.15, 0.2) is 30.3 Å². The van der Waals surface area contributed by atoms with E-state index in [1.165, 1.54) is 6.07 Å². The number of halogens is 1. The number of nitrogens with one attached hydrogen (secondary N) is 1. The quantitative estimate of drug-likeness (QED) is 0.871. The summed E-state index contributed by atoms with van der Waals surface area (Å²) in [5.74, 6) is 1.83. The van der Waals surface area contributed by atoms with E-state index in [0.29, 0.717) is 31.7 Å². The average molecular weight is 372 g/mol. The van der Waals surface area contributed by atoms with Crippen molar-refractivity contribution in [1.29, 1.82) is 0 Å². The topological polar surface area (TPSA) is 59.5 Å². The van der Waals surface area contributed by atoms with Crippen molar-refractivity contribution in [2.24, 2.45) is 0 Å². The normalized spacial score (nSPS) is 18.8. The smallest absolute Gasteiger partial charge is 0.171 e. The lowest BCUT2D eigenvalue weighted by Crippen LogP contribution is -2.45. The minimum atomic E-state index is -0.389. The number of anilines is 2. The Morgan fingerprint density at radius 2 is 1.89 bits per heavy atom. The van der Waals surface area contributed by atoms with Gasteiger partial charge < -0.3 is 19.7 Å². The number of rotatable bonds is 5. The van der Waals surface area contributed by atoms with E-state index in [1.54, 1.807) is 6.07 Å². The molecule has 0 aliphatic carbocycles. The highest BCUT2D eigenvalue weighted by atomic mass is 19.1. The third-order valence-corrected chi connectivity index (χ3v) is 5.15. The van der Waals surface area contributed by atoms with Crippen LogP contribution >= 0.6 is 0 Å². The molecular weight excluding hydrogens is 347 g/mol. The van der Waals surface area contributed by atoms with Gasteiger partial charge in [-0.2, -0.15) is 0 Å². The van der Waals surface area contributed by atoms with Crippen molar-refractivity contribution in [2.75, 3.05) is 43.1 Å². The van der Waals surface area contributed by atoms with Crippen molar-refractivity contribution in [3.05, 3.63) is 47.5 Å². The molecule has 7 heteroatoms. The first-order valence-electron chi connectivity index (χ1n) is 9.49. The number of benzene rings is 1. The Hall–Kier alpha value is -2.25. The second-order valence-electron chi connectivity index (χ2n) is 7.02. The molecule has 1 N–H and O–H groups in total. The summed E-state index contributed by atoms with van der Waals surface area (Å²) in [5.41, 5.74) is 0.703. The fraction of sp³-hybridized carbons (Fsp3) is 0.500. The zero-order valence-electron chi connectivity index (χ0n) is 15.6. The van der Waals surface area contributed by atoms with Crippen molar-refractivity contribution in [1.82, 2.24) is 9.97 Å². The van der Waals surface area contributed by atoms with Crippen LogP contribution in [0.25, 0.3) is 0 Å². The van der Waals surface area contributed by atoms with Gasteiger partial charge in [0.15, 0.2) is 5.79 Å². The predicted molar refractivity (Wildman–Crippen MR) is 101 cm³/mol. The third kappa shape index (κ3) is 4.20. The van der Waals surface area contributed by atoms with Gasteiger partial charge in [-0.1, -0.05) is 18.2 Å². The molecule has 144 valence electrons. The van der Waals surface area contributed by atoms with Gasteiger partial charge in [0.2, 0.25) is 0 Å². The summed E-state index contributed by atoms with van der Waals surface area (Å²) in [6, 6.07) is 8.82. The molecule has 0 radical (unpaired) electrons. The maximum atomic E-state index is 13.7. The Labute approximate surface area is 158 Å². The minimum Gasteiger partial charge on any atom is -0.370 e. The highest BCUT2D eigenvalue weighted by Crippen LogP contribution is 2.33. The first-order chi connectivity index (χ1) is 13.1. The summed E-state index contributed by atoms with van der Waals surface area (Å²) in [6.45, 7) is 5.55. The number of ether oxygens (including phenoxy) is 2. The number of hydrogen-bond donors (Lipinski definition) is 1. The molecule has 1 spiro atoms. The molecule has 27 heavy (non-hydrogen) atoms. The third-order valence-electron chi connectivity index (χ3n) is 5.15. The fourth-order valence-corrected chi connectivity index (χ4v) is 3.69. The molecule has 0 unspecified atom stereocenters. The van der Waals surface area contributed by atoms with Crippen LogP contribution in [-0.4, -0.2) is 48.6 Å². The fourth-order valence-electron chi connectivity index (χ4n) is 3.69. The number of piperidine rings is 1. The summed E-state index contributed by atoms with van der Waals surface area (Å²) in [7, 11) is 0. The van der Waals surface area contributed by atoms with Gasteiger partial charge in [0.05, 0.1) is 13.2 Å². The summed E-state index contributed by atoms with van der Waals surface area (Å²) in [5, 5.41) is 3.30. The lowest BCUT2D eigenvalue weighted by atomic mass is 10.0. The molecule has 2 fully saturated rings. The first-order valence-corrected chi connectivity index (χ1v) is 9.49. The van der Waals surface area contributed by atoms with Gasteiger partial charge >= 0.3 is 0 Å². The largest absolute Gasteiger partial charge is 0.370 e. The molecule has 2 saturated heterocycles. The van der Waals surface area contributed by atoms with Crippen LogP contribution in [0.2, 0.25) is 0 Å². The molecule has 0 saturated carbocycles. The monoisotopic (exact) mass is 372 g/mol. The molecule has 6 nitrogen and oxygen atoms in total. The van der Waals surface area contributed by atoms with Crippen molar-refractivity contribution in [3.8, 4) is 0 Å². The maximum absolute atomic E-state index is 13.7. The van der Waals surface area contributed by atoms with Gasteiger partial charge in [-0.15, -0.1) is 0 Å². The van der Waals surface area contributed by atoms with Crippen molar-refractivity contribution in [3.63, 3.8) is 0 Å². The van der Waals surface area contributed by atoms with E-state index in [-0.39, 0.29) is 11.6 Å². The standard InChI is InChI=1S/C20H25FN4O2/c1-15-23-18(22-9-6-16-4-2-3-5-17(16)21)14-19(24-15)25-10-7-20(8-11-25)26-12-13-27-20/h2-5,14H,6-13H2,1H3,(H,22,23,24). The second-order valence-corrected chi connectivity index (χ2v) is 7.02. The van der Waals surface area contributed by atoms with Crippen LogP contribution in [0.3, 0.4) is 0 Å². The van der Waals surface area contributed by atoms with Crippen LogP contribution in [-0.2, 0) is 15.9 Å². The summed E-state index contributed by atoms with van der Waals surface area (Å²) in [4.78, 5) is 11.3. The Morgan fingerprint density at radius 3 is 2.63 bits per heavy atom. The van der Waals surface area contributed by atoms with Gasteiger partial charge in [0.25, 0.3) is 0 Å². The number of hydrogen-bond acceptors (Lipinski definition) is 6. The van der Waals surface area contributed by atoms with E-state index in [9.17, 15) is 4.39 Å². The molecule has 0 bridgehead atoms. The molecular formula is C20H25FN4O2. The molecule has 0 amide bonds. The lowest BCUT2D eigenvalue weighted by Gasteiger charge is -2.38. The minimum absolute atomic E-state index is 0.169. The first kappa shape index (κ1) is 18.1. The molecule has 1 aromatic carbocycles. The lowest BCUT2D eigenvalue weighted by molar-refractivity contribution is -0.169. The Bertz CT molecular complexity index is 785. The molecule has 0 atom stereocenters. The summed E-state index contributed by atoms with van der Waals surface area (Å²) >= 11 is 0. The van der Waals surface area contributed by atoms with E-state index >= 15 is 0 Å². The average Bonchev–Trinajstić information content (AvgIpc) is 3.11. The number of aromatic nitrogens is 2. The zero-order valence-corrected chi connectivity index (χ0v) is 15.6. The van der Waals surface area contributed by atoms with E-state index in [1.807, 2.05) is 25.1 Å². The van der Waals surface area contributed by atoms with E-state index < -0.39 is 0 Å². The molecule has 2 aliphatic heterocycles. The predicted octanol–water partition coefficient (Wildman–Crippen LogP) is 2.92. The van der Waals surface area contributed by atoms with Crippen molar-refractivity contribution >= 4 is 11.6 Å². The van der Waals surface area contributed by atoms with Crippen molar-refractivity contribution in [2.45, 2.75) is 32.0 Å². The number of nitrogens with zero attached hydrogens (tertiary/aromatic N) is 3. The van der Waals surface area contributed by atoms with Crippen molar-refractivity contribution < 1.29 is 13.9 Å². The molecule has 1 aromatic heterocycles. The van der Waals surface area contributed by atoms with E-state index in [4.69, 9.17) is 9.47 Å².